The van der Waals surface area contributed by atoms with E-state index in [0.29, 0.717) is 44.6 Å². The van der Waals surface area contributed by atoms with Crippen molar-refractivity contribution in [2.75, 3.05) is 12.9 Å². The van der Waals surface area contributed by atoms with Crippen molar-refractivity contribution in [1.29, 1.82) is 5.26 Å². The Kier molecular flexibility index (Phi) is 7.27. The summed E-state index contributed by atoms with van der Waals surface area (Å²) < 4.78 is 11.6. The molecule has 0 aliphatic heterocycles. The van der Waals surface area contributed by atoms with E-state index in [-0.39, 0.29) is 12.2 Å². The summed E-state index contributed by atoms with van der Waals surface area (Å²) in [5.74, 6) is 0.969. The molecule has 3 rings (SSSR count). The van der Waals surface area contributed by atoms with Gasteiger partial charge in [0.15, 0.2) is 16.7 Å². The number of thioether (sulfide) groups is 1. The zero-order valence-corrected chi connectivity index (χ0v) is 18.5. The second-order valence-electron chi connectivity index (χ2n) is 6.03. The van der Waals surface area contributed by atoms with Crippen LogP contribution < -0.4 is 15.0 Å². The lowest BCUT2D eigenvalue weighted by atomic mass is 10.1. The first-order valence-corrected chi connectivity index (χ1v) is 10.9. The van der Waals surface area contributed by atoms with Crippen LogP contribution in [0.25, 0.3) is 11.3 Å². The number of nitriles is 1. The molecule has 9 heteroatoms. The van der Waals surface area contributed by atoms with Gasteiger partial charge in [0.2, 0.25) is 0 Å². The number of hydrogen-bond donors (Lipinski definition) is 1. The molecule has 0 saturated heterocycles. The van der Waals surface area contributed by atoms with E-state index in [0.717, 1.165) is 5.56 Å². The number of halogens is 2. The van der Waals surface area contributed by atoms with Gasteiger partial charge in [0.25, 0.3) is 5.56 Å². The summed E-state index contributed by atoms with van der Waals surface area (Å²) in [6.45, 7) is 2.48. The lowest BCUT2D eigenvalue weighted by Gasteiger charge is -2.14. The van der Waals surface area contributed by atoms with Gasteiger partial charge in [-0.15, -0.1) is 0 Å². The van der Waals surface area contributed by atoms with E-state index in [4.69, 9.17) is 32.7 Å². The normalized spacial score (nSPS) is 10.5. The molecule has 2 aromatic carbocycles. The zero-order chi connectivity index (χ0) is 21.7. The number of rotatable bonds is 7. The van der Waals surface area contributed by atoms with Crippen LogP contribution in [-0.4, -0.2) is 22.8 Å². The molecule has 0 spiro atoms. The predicted octanol–water partition coefficient (Wildman–Crippen LogP) is 5.31. The standard InChI is InChI=1S/C21H17Cl2N3O3S/c1-3-28-18-8-12(19-15(10-24)20(27)26-21(25-19)30-2)5-7-17(18)29-11-13-4-6-14(22)9-16(13)23/h4-9H,3,11H2,1-2H3,(H,25,26,27). The molecule has 1 heterocycles. The van der Waals surface area contributed by atoms with Gasteiger partial charge in [0, 0.05) is 21.2 Å². The van der Waals surface area contributed by atoms with E-state index in [2.05, 4.69) is 9.97 Å². The third kappa shape index (κ3) is 4.90. The first-order valence-electron chi connectivity index (χ1n) is 8.89. The van der Waals surface area contributed by atoms with E-state index in [1.807, 2.05) is 13.0 Å². The van der Waals surface area contributed by atoms with Crippen molar-refractivity contribution >= 4 is 35.0 Å². The highest BCUT2D eigenvalue weighted by Crippen LogP contribution is 2.34. The molecule has 30 heavy (non-hydrogen) atoms. The van der Waals surface area contributed by atoms with Crippen LogP contribution in [-0.2, 0) is 6.61 Å². The van der Waals surface area contributed by atoms with Crippen molar-refractivity contribution in [3.05, 3.63) is 67.9 Å². The monoisotopic (exact) mass is 461 g/mol. The van der Waals surface area contributed by atoms with Crippen LogP contribution in [0.4, 0.5) is 0 Å². The van der Waals surface area contributed by atoms with Gasteiger partial charge in [-0.1, -0.05) is 41.0 Å². The van der Waals surface area contributed by atoms with Gasteiger partial charge in [0.1, 0.15) is 18.2 Å². The van der Waals surface area contributed by atoms with Crippen LogP contribution in [0.1, 0.15) is 18.1 Å². The minimum Gasteiger partial charge on any atom is -0.490 e. The molecule has 3 aromatic rings. The summed E-state index contributed by atoms with van der Waals surface area (Å²) in [7, 11) is 0. The van der Waals surface area contributed by atoms with Gasteiger partial charge >= 0.3 is 0 Å². The summed E-state index contributed by atoms with van der Waals surface area (Å²) in [4.78, 5) is 19.2. The Morgan fingerprint density at radius 3 is 2.63 bits per heavy atom. The highest BCUT2D eigenvalue weighted by atomic mass is 35.5. The Labute approximate surface area is 187 Å². The largest absolute Gasteiger partial charge is 0.490 e. The Bertz CT molecular complexity index is 1180. The first kappa shape index (κ1) is 22.0. The summed E-state index contributed by atoms with van der Waals surface area (Å²) >= 11 is 13.4. The summed E-state index contributed by atoms with van der Waals surface area (Å²) in [6.07, 6.45) is 1.79. The van der Waals surface area contributed by atoms with Crippen LogP contribution >= 0.6 is 35.0 Å². The van der Waals surface area contributed by atoms with Crippen LogP contribution in [0.5, 0.6) is 11.5 Å². The maximum atomic E-state index is 12.2. The molecular formula is C21H17Cl2N3O3S. The van der Waals surface area contributed by atoms with E-state index in [1.54, 1.807) is 42.7 Å². The Morgan fingerprint density at radius 2 is 1.97 bits per heavy atom. The van der Waals surface area contributed by atoms with Crippen molar-refractivity contribution in [3.8, 4) is 28.8 Å². The topological polar surface area (TPSA) is 88.0 Å². The molecule has 1 N–H and O–H groups in total. The Hall–Kier alpha value is -2.66. The molecule has 0 radical (unpaired) electrons. The van der Waals surface area contributed by atoms with Crippen LogP contribution in [0.15, 0.2) is 46.3 Å². The minimum absolute atomic E-state index is 0.0585. The third-order valence-corrected chi connectivity index (χ3v) is 5.29. The molecule has 0 atom stereocenters. The fourth-order valence-electron chi connectivity index (χ4n) is 2.70. The summed E-state index contributed by atoms with van der Waals surface area (Å²) in [5.41, 5.74) is 1.10. The van der Waals surface area contributed by atoms with Crippen LogP contribution in [0.3, 0.4) is 0 Å². The van der Waals surface area contributed by atoms with Crippen LogP contribution in [0, 0.1) is 11.3 Å². The number of aromatic amines is 1. The zero-order valence-electron chi connectivity index (χ0n) is 16.2. The molecule has 0 saturated carbocycles. The second kappa shape index (κ2) is 9.90. The van der Waals surface area contributed by atoms with Crippen molar-refractivity contribution in [2.24, 2.45) is 0 Å². The fourth-order valence-corrected chi connectivity index (χ4v) is 3.54. The maximum Gasteiger partial charge on any atom is 0.270 e. The van der Waals surface area contributed by atoms with Gasteiger partial charge in [-0.25, -0.2) is 4.98 Å². The molecule has 154 valence electrons. The smallest absolute Gasteiger partial charge is 0.270 e. The number of hydrogen-bond acceptors (Lipinski definition) is 6. The van der Waals surface area contributed by atoms with Gasteiger partial charge < -0.3 is 14.5 Å². The summed E-state index contributed by atoms with van der Waals surface area (Å²) in [5, 5.41) is 10.9. The Balaban J connectivity index is 1.97. The molecular weight excluding hydrogens is 445 g/mol. The fraction of sp³-hybridized carbons (Fsp3) is 0.190. The second-order valence-corrected chi connectivity index (χ2v) is 7.67. The van der Waals surface area contributed by atoms with Crippen molar-refractivity contribution in [1.82, 2.24) is 9.97 Å². The number of nitrogens with one attached hydrogen (secondary N) is 1. The molecule has 1 aromatic heterocycles. The molecule has 0 aliphatic carbocycles. The van der Waals surface area contributed by atoms with E-state index in [9.17, 15) is 10.1 Å². The third-order valence-electron chi connectivity index (χ3n) is 4.12. The summed E-state index contributed by atoms with van der Waals surface area (Å²) in [6, 6.07) is 12.3. The molecule has 0 bridgehead atoms. The van der Waals surface area contributed by atoms with Crippen molar-refractivity contribution in [3.63, 3.8) is 0 Å². The first-order chi connectivity index (χ1) is 14.5. The lowest BCUT2D eigenvalue weighted by Crippen LogP contribution is -2.14. The quantitative estimate of drug-likeness (QED) is 0.378. The van der Waals surface area contributed by atoms with Gasteiger partial charge in [-0.2, -0.15) is 5.26 Å². The number of aromatic nitrogens is 2. The number of H-pyrrole nitrogens is 1. The predicted molar refractivity (Wildman–Crippen MR) is 119 cm³/mol. The van der Waals surface area contributed by atoms with Crippen molar-refractivity contribution in [2.45, 2.75) is 18.7 Å². The average molecular weight is 462 g/mol. The molecule has 0 aliphatic rings. The van der Waals surface area contributed by atoms with Gasteiger partial charge in [-0.05, 0) is 43.5 Å². The lowest BCUT2D eigenvalue weighted by molar-refractivity contribution is 0.269. The van der Waals surface area contributed by atoms with E-state index < -0.39 is 5.56 Å². The highest BCUT2D eigenvalue weighted by Gasteiger charge is 2.16. The number of benzene rings is 2. The maximum absolute atomic E-state index is 12.2. The number of ether oxygens (including phenoxy) is 2. The number of nitrogens with zero attached hydrogens (tertiary/aromatic N) is 2. The Morgan fingerprint density at radius 1 is 1.17 bits per heavy atom. The average Bonchev–Trinajstić information content (AvgIpc) is 2.73. The molecule has 0 fully saturated rings. The van der Waals surface area contributed by atoms with Gasteiger partial charge in [0.05, 0.1) is 12.3 Å². The van der Waals surface area contributed by atoms with E-state index >= 15 is 0 Å². The highest BCUT2D eigenvalue weighted by molar-refractivity contribution is 7.98. The molecule has 0 unspecified atom stereocenters. The SMILES string of the molecule is CCOc1cc(-c2nc(SC)[nH]c(=O)c2C#N)ccc1OCc1ccc(Cl)cc1Cl. The van der Waals surface area contributed by atoms with E-state index in [1.165, 1.54) is 11.8 Å². The molecule has 6 nitrogen and oxygen atoms in total. The van der Waals surface area contributed by atoms with Crippen molar-refractivity contribution < 1.29 is 9.47 Å². The minimum atomic E-state index is -0.484. The van der Waals surface area contributed by atoms with Gasteiger partial charge in [-0.3, -0.25) is 4.79 Å². The molecule has 0 amide bonds. The van der Waals surface area contributed by atoms with Crippen LogP contribution in [0.2, 0.25) is 10.0 Å².